The zero-order valence-electron chi connectivity index (χ0n) is 11.3. The summed E-state index contributed by atoms with van der Waals surface area (Å²) in [5.41, 5.74) is 7.07. The van der Waals surface area contributed by atoms with Crippen molar-refractivity contribution in [3.8, 4) is 0 Å². The fourth-order valence-corrected chi connectivity index (χ4v) is 3.06. The first-order valence-corrected chi connectivity index (χ1v) is 6.78. The molecule has 18 heavy (non-hydrogen) atoms. The number of benzene rings is 1. The van der Waals surface area contributed by atoms with E-state index in [4.69, 9.17) is 5.73 Å². The standard InChI is InChI=1S/C15H23FN2/c1-11-6-12(2)9-18(8-11)10-15(17)13-4-3-5-14(16)7-13/h3-5,7,11-12,15H,6,8-10,17H2,1-2H3. The summed E-state index contributed by atoms with van der Waals surface area (Å²) in [6, 6.07) is 6.54. The molecule has 0 saturated carbocycles. The number of nitrogens with zero attached hydrogens (tertiary/aromatic N) is 1. The van der Waals surface area contributed by atoms with E-state index < -0.39 is 0 Å². The van der Waals surface area contributed by atoms with E-state index in [2.05, 4.69) is 18.7 Å². The number of hydrogen-bond acceptors (Lipinski definition) is 2. The fraction of sp³-hybridized carbons (Fsp3) is 0.600. The van der Waals surface area contributed by atoms with Gasteiger partial charge in [-0.05, 0) is 36.0 Å². The van der Waals surface area contributed by atoms with E-state index in [9.17, 15) is 4.39 Å². The first-order valence-electron chi connectivity index (χ1n) is 6.78. The Hall–Kier alpha value is -0.930. The van der Waals surface area contributed by atoms with Crippen molar-refractivity contribution in [2.45, 2.75) is 26.3 Å². The Bertz CT molecular complexity index is 384. The van der Waals surface area contributed by atoms with Crippen molar-refractivity contribution in [1.29, 1.82) is 0 Å². The Labute approximate surface area is 109 Å². The molecule has 1 aromatic carbocycles. The second-order valence-electron chi connectivity index (χ2n) is 5.83. The van der Waals surface area contributed by atoms with Gasteiger partial charge in [0.1, 0.15) is 5.82 Å². The molecule has 0 aromatic heterocycles. The molecule has 0 amide bonds. The largest absolute Gasteiger partial charge is 0.323 e. The van der Waals surface area contributed by atoms with Crippen molar-refractivity contribution in [3.63, 3.8) is 0 Å². The second-order valence-corrected chi connectivity index (χ2v) is 5.83. The lowest BCUT2D eigenvalue weighted by Crippen LogP contribution is -2.42. The molecular formula is C15H23FN2. The zero-order chi connectivity index (χ0) is 13.1. The van der Waals surface area contributed by atoms with Gasteiger partial charge in [0.25, 0.3) is 0 Å². The van der Waals surface area contributed by atoms with Crippen LogP contribution in [0.25, 0.3) is 0 Å². The summed E-state index contributed by atoms with van der Waals surface area (Å²) >= 11 is 0. The summed E-state index contributed by atoms with van der Waals surface area (Å²) in [5, 5.41) is 0. The molecule has 0 radical (unpaired) electrons. The van der Waals surface area contributed by atoms with Gasteiger partial charge in [-0.25, -0.2) is 4.39 Å². The molecule has 1 fully saturated rings. The second kappa shape index (κ2) is 5.81. The van der Waals surface area contributed by atoms with Crippen LogP contribution in [0.4, 0.5) is 4.39 Å². The topological polar surface area (TPSA) is 29.3 Å². The number of hydrogen-bond donors (Lipinski definition) is 1. The number of likely N-dealkylation sites (tertiary alicyclic amines) is 1. The van der Waals surface area contributed by atoms with E-state index in [0.717, 1.165) is 37.0 Å². The van der Waals surface area contributed by atoms with Crippen molar-refractivity contribution < 1.29 is 4.39 Å². The lowest BCUT2D eigenvalue weighted by Gasteiger charge is -2.36. The molecule has 0 spiro atoms. The fourth-order valence-electron chi connectivity index (χ4n) is 3.06. The molecule has 3 heteroatoms. The monoisotopic (exact) mass is 250 g/mol. The van der Waals surface area contributed by atoms with Crippen LogP contribution in [0.2, 0.25) is 0 Å². The molecule has 2 nitrogen and oxygen atoms in total. The Morgan fingerprint density at radius 1 is 1.33 bits per heavy atom. The molecule has 0 aliphatic carbocycles. The molecule has 1 saturated heterocycles. The van der Waals surface area contributed by atoms with Crippen LogP contribution in [-0.4, -0.2) is 24.5 Å². The van der Waals surface area contributed by atoms with Crippen molar-refractivity contribution in [3.05, 3.63) is 35.6 Å². The quantitative estimate of drug-likeness (QED) is 0.894. The van der Waals surface area contributed by atoms with Gasteiger partial charge >= 0.3 is 0 Å². The minimum Gasteiger partial charge on any atom is -0.323 e. The van der Waals surface area contributed by atoms with Crippen molar-refractivity contribution in [2.24, 2.45) is 17.6 Å². The van der Waals surface area contributed by atoms with E-state index >= 15 is 0 Å². The highest BCUT2D eigenvalue weighted by molar-refractivity contribution is 5.20. The third kappa shape index (κ3) is 3.53. The summed E-state index contributed by atoms with van der Waals surface area (Å²) in [5.74, 6) is 1.25. The van der Waals surface area contributed by atoms with E-state index in [0.29, 0.717) is 0 Å². The van der Waals surface area contributed by atoms with Gasteiger partial charge in [-0.1, -0.05) is 26.0 Å². The average molecular weight is 250 g/mol. The molecule has 2 N–H and O–H groups in total. The van der Waals surface area contributed by atoms with Crippen LogP contribution in [0.3, 0.4) is 0 Å². The Kier molecular flexibility index (Phi) is 4.36. The van der Waals surface area contributed by atoms with E-state index in [1.54, 1.807) is 12.1 Å². The predicted octanol–water partition coefficient (Wildman–Crippen LogP) is 2.80. The van der Waals surface area contributed by atoms with Crippen molar-refractivity contribution in [1.82, 2.24) is 4.90 Å². The van der Waals surface area contributed by atoms with Crippen molar-refractivity contribution >= 4 is 0 Å². The maximum Gasteiger partial charge on any atom is 0.123 e. The minimum atomic E-state index is -0.205. The van der Waals surface area contributed by atoms with E-state index in [1.165, 1.54) is 12.5 Å². The predicted molar refractivity (Wildman–Crippen MR) is 72.7 cm³/mol. The molecule has 1 aromatic rings. The zero-order valence-corrected chi connectivity index (χ0v) is 11.3. The Balaban J connectivity index is 1.96. The molecular weight excluding hydrogens is 227 g/mol. The van der Waals surface area contributed by atoms with Gasteiger partial charge in [-0.15, -0.1) is 0 Å². The third-order valence-electron chi connectivity index (χ3n) is 3.68. The Morgan fingerprint density at radius 2 is 2.00 bits per heavy atom. The lowest BCUT2D eigenvalue weighted by atomic mass is 9.91. The van der Waals surface area contributed by atoms with Crippen molar-refractivity contribution in [2.75, 3.05) is 19.6 Å². The van der Waals surface area contributed by atoms with Gasteiger partial charge in [0, 0.05) is 25.7 Å². The summed E-state index contributed by atoms with van der Waals surface area (Å²) < 4.78 is 13.2. The highest BCUT2D eigenvalue weighted by atomic mass is 19.1. The van der Waals surface area contributed by atoms with Gasteiger partial charge in [-0.2, -0.15) is 0 Å². The van der Waals surface area contributed by atoms with E-state index in [1.807, 2.05) is 6.07 Å². The maximum absolute atomic E-state index is 13.2. The van der Waals surface area contributed by atoms with Gasteiger partial charge in [-0.3, -0.25) is 0 Å². The number of nitrogens with two attached hydrogens (primary N) is 1. The average Bonchev–Trinajstić information content (AvgIpc) is 2.27. The van der Waals surface area contributed by atoms with Crippen LogP contribution >= 0.6 is 0 Å². The molecule has 3 atom stereocenters. The highest BCUT2D eigenvalue weighted by Gasteiger charge is 2.23. The molecule has 1 heterocycles. The SMILES string of the molecule is CC1CC(C)CN(CC(N)c2cccc(F)c2)C1. The van der Waals surface area contributed by atoms with Crippen LogP contribution in [-0.2, 0) is 0 Å². The highest BCUT2D eigenvalue weighted by Crippen LogP contribution is 2.23. The Morgan fingerprint density at radius 3 is 2.61 bits per heavy atom. The van der Waals surface area contributed by atoms with Gasteiger partial charge in [0.05, 0.1) is 0 Å². The normalized spacial score (nSPS) is 27.1. The lowest BCUT2D eigenvalue weighted by molar-refractivity contribution is 0.134. The molecule has 3 unspecified atom stereocenters. The summed E-state index contributed by atoms with van der Waals surface area (Å²) in [7, 11) is 0. The maximum atomic E-state index is 13.2. The first kappa shape index (κ1) is 13.5. The smallest absolute Gasteiger partial charge is 0.123 e. The summed E-state index contributed by atoms with van der Waals surface area (Å²) in [6.07, 6.45) is 1.30. The molecule has 100 valence electrons. The number of halogens is 1. The molecule has 1 aliphatic rings. The molecule has 1 aliphatic heterocycles. The van der Waals surface area contributed by atoms with Crippen LogP contribution in [0.1, 0.15) is 31.9 Å². The molecule has 2 rings (SSSR count). The molecule has 0 bridgehead atoms. The van der Waals surface area contributed by atoms with Gasteiger partial charge < -0.3 is 10.6 Å². The van der Waals surface area contributed by atoms with Crippen LogP contribution in [0, 0.1) is 17.7 Å². The number of piperidine rings is 1. The van der Waals surface area contributed by atoms with Crippen LogP contribution < -0.4 is 5.73 Å². The summed E-state index contributed by atoms with van der Waals surface area (Å²) in [4.78, 5) is 2.41. The summed E-state index contributed by atoms with van der Waals surface area (Å²) in [6.45, 7) is 7.60. The first-order chi connectivity index (χ1) is 8.54. The minimum absolute atomic E-state index is 0.0989. The van der Waals surface area contributed by atoms with Crippen LogP contribution in [0.5, 0.6) is 0 Å². The van der Waals surface area contributed by atoms with Crippen LogP contribution in [0.15, 0.2) is 24.3 Å². The van der Waals surface area contributed by atoms with Gasteiger partial charge in [0.2, 0.25) is 0 Å². The van der Waals surface area contributed by atoms with Gasteiger partial charge in [0.15, 0.2) is 0 Å². The van der Waals surface area contributed by atoms with E-state index in [-0.39, 0.29) is 11.9 Å². The number of rotatable bonds is 3. The third-order valence-corrected chi connectivity index (χ3v) is 3.68.